The Hall–Kier alpha value is -0.720. The molecule has 0 bridgehead atoms. The standard InChI is InChI=1S/C8H15N/c1-5-9-8(4)6-7(2)3/h6,9H,2,5H2,1,3-4H3/b8-6-. The van der Waals surface area contributed by atoms with Gasteiger partial charge in [-0.15, -0.1) is 0 Å². The summed E-state index contributed by atoms with van der Waals surface area (Å²) in [4.78, 5) is 0. The zero-order valence-corrected chi connectivity index (χ0v) is 6.49. The minimum absolute atomic E-state index is 0.982. The minimum Gasteiger partial charge on any atom is -0.389 e. The van der Waals surface area contributed by atoms with Crippen molar-refractivity contribution in [2.24, 2.45) is 0 Å². The van der Waals surface area contributed by atoms with Crippen LogP contribution in [-0.2, 0) is 0 Å². The molecule has 9 heavy (non-hydrogen) atoms. The Morgan fingerprint density at radius 2 is 2.11 bits per heavy atom. The fourth-order valence-electron chi connectivity index (χ4n) is 0.699. The number of nitrogens with one attached hydrogen (secondary N) is 1. The van der Waals surface area contributed by atoms with Crippen molar-refractivity contribution in [3.8, 4) is 0 Å². The third-order valence-corrected chi connectivity index (χ3v) is 0.919. The zero-order chi connectivity index (χ0) is 7.28. The smallest absolute Gasteiger partial charge is 0.0115 e. The van der Waals surface area contributed by atoms with E-state index in [9.17, 15) is 0 Å². The van der Waals surface area contributed by atoms with Crippen molar-refractivity contribution in [1.29, 1.82) is 0 Å². The van der Waals surface area contributed by atoms with E-state index in [4.69, 9.17) is 0 Å². The van der Waals surface area contributed by atoms with Gasteiger partial charge in [0, 0.05) is 12.2 Å². The Morgan fingerprint density at radius 1 is 1.56 bits per heavy atom. The molecular weight excluding hydrogens is 110 g/mol. The largest absolute Gasteiger partial charge is 0.389 e. The second-order valence-corrected chi connectivity index (χ2v) is 2.20. The summed E-state index contributed by atoms with van der Waals surface area (Å²) in [6.07, 6.45) is 2.03. The molecule has 0 saturated carbocycles. The van der Waals surface area contributed by atoms with Gasteiger partial charge < -0.3 is 5.32 Å². The minimum atomic E-state index is 0.982. The molecule has 0 atom stereocenters. The Balaban J connectivity index is 3.69. The van der Waals surface area contributed by atoms with Crippen LogP contribution in [0.5, 0.6) is 0 Å². The number of rotatable bonds is 3. The number of hydrogen-bond acceptors (Lipinski definition) is 1. The molecule has 0 rings (SSSR count). The highest BCUT2D eigenvalue weighted by molar-refractivity contribution is 5.15. The van der Waals surface area contributed by atoms with Crippen LogP contribution in [-0.4, -0.2) is 6.54 Å². The molecule has 0 fully saturated rings. The molecule has 0 aliphatic rings. The van der Waals surface area contributed by atoms with Crippen LogP contribution in [0.2, 0.25) is 0 Å². The average Bonchev–Trinajstić information content (AvgIpc) is 1.63. The van der Waals surface area contributed by atoms with Crippen LogP contribution in [0.1, 0.15) is 20.8 Å². The average molecular weight is 125 g/mol. The molecule has 0 aromatic carbocycles. The second-order valence-electron chi connectivity index (χ2n) is 2.20. The van der Waals surface area contributed by atoms with E-state index < -0.39 is 0 Å². The predicted molar refractivity (Wildman–Crippen MR) is 42.2 cm³/mol. The van der Waals surface area contributed by atoms with E-state index >= 15 is 0 Å². The van der Waals surface area contributed by atoms with Gasteiger partial charge in [-0.25, -0.2) is 0 Å². The first-order valence-electron chi connectivity index (χ1n) is 3.24. The summed E-state index contributed by atoms with van der Waals surface area (Å²) in [6.45, 7) is 10.8. The van der Waals surface area contributed by atoms with Crippen LogP contribution in [0.4, 0.5) is 0 Å². The van der Waals surface area contributed by atoms with E-state index in [2.05, 4.69) is 18.8 Å². The van der Waals surface area contributed by atoms with Crippen molar-refractivity contribution in [2.45, 2.75) is 20.8 Å². The van der Waals surface area contributed by atoms with Gasteiger partial charge in [-0.05, 0) is 26.8 Å². The molecule has 0 spiro atoms. The van der Waals surface area contributed by atoms with Crippen molar-refractivity contribution in [3.63, 3.8) is 0 Å². The Kier molecular flexibility index (Phi) is 3.85. The molecule has 0 aliphatic carbocycles. The monoisotopic (exact) mass is 125 g/mol. The van der Waals surface area contributed by atoms with Crippen LogP contribution < -0.4 is 5.32 Å². The molecule has 0 amide bonds. The van der Waals surface area contributed by atoms with E-state index in [0.29, 0.717) is 0 Å². The van der Waals surface area contributed by atoms with Crippen LogP contribution in [0, 0.1) is 0 Å². The van der Waals surface area contributed by atoms with Crippen molar-refractivity contribution in [1.82, 2.24) is 5.32 Å². The van der Waals surface area contributed by atoms with Gasteiger partial charge >= 0.3 is 0 Å². The predicted octanol–water partition coefficient (Wildman–Crippen LogP) is 2.08. The van der Waals surface area contributed by atoms with E-state index in [1.165, 1.54) is 5.70 Å². The maximum Gasteiger partial charge on any atom is 0.0115 e. The molecule has 52 valence electrons. The van der Waals surface area contributed by atoms with Gasteiger partial charge in [0.15, 0.2) is 0 Å². The Morgan fingerprint density at radius 3 is 2.44 bits per heavy atom. The number of hydrogen-bond donors (Lipinski definition) is 1. The summed E-state index contributed by atoms with van der Waals surface area (Å²) in [6, 6.07) is 0. The third kappa shape index (κ3) is 5.15. The molecule has 1 N–H and O–H groups in total. The van der Waals surface area contributed by atoms with Gasteiger partial charge in [-0.2, -0.15) is 0 Å². The van der Waals surface area contributed by atoms with Gasteiger partial charge in [-0.1, -0.05) is 12.2 Å². The van der Waals surface area contributed by atoms with Crippen LogP contribution >= 0.6 is 0 Å². The summed E-state index contributed by atoms with van der Waals surface area (Å²) < 4.78 is 0. The normalized spacial score (nSPS) is 11.2. The molecule has 0 aromatic heterocycles. The van der Waals surface area contributed by atoms with Crippen LogP contribution in [0.3, 0.4) is 0 Å². The van der Waals surface area contributed by atoms with Crippen molar-refractivity contribution in [3.05, 3.63) is 23.9 Å². The summed E-state index contributed by atoms with van der Waals surface area (Å²) >= 11 is 0. The molecular formula is C8H15N. The van der Waals surface area contributed by atoms with Gasteiger partial charge in [0.1, 0.15) is 0 Å². The molecule has 0 aromatic rings. The molecule has 1 nitrogen and oxygen atoms in total. The summed E-state index contributed by atoms with van der Waals surface area (Å²) in [5.74, 6) is 0. The third-order valence-electron chi connectivity index (χ3n) is 0.919. The lowest BCUT2D eigenvalue weighted by atomic mass is 10.3. The fourth-order valence-corrected chi connectivity index (χ4v) is 0.699. The Bertz CT molecular complexity index is 123. The highest BCUT2D eigenvalue weighted by atomic mass is 14.9. The SMILES string of the molecule is C=C(C)/C=C(/C)NCC. The van der Waals surface area contributed by atoms with Crippen LogP contribution in [0.25, 0.3) is 0 Å². The van der Waals surface area contributed by atoms with Gasteiger partial charge in [0.25, 0.3) is 0 Å². The van der Waals surface area contributed by atoms with Crippen molar-refractivity contribution >= 4 is 0 Å². The lowest BCUT2D eigenvalue weighted by molar-refractivity contribution is 0.853. The van der Waals surface area contributed by atoms with Gasteiger partial charge in [0.05, 0.1) is 0 Å². The first-order chi connectivity index (χ1) is 4.16. The first-order valence-corrected chi connectivity index (χ1v) is 3.24. The maximum atomic E-state index is 3.76. The lowest BCUT2D eigenvalue weighted by Gasteiger charge is -2.00. The molecule has 1 heteroatoms. The Labute approximate surface area is 57.5 Å². The quantitative estimate of drug-likeness (QED) is 0.569. The molecule has 0 saturated heterocycles. The lowest BCUT2D eigenvalue weighted by Crippen LogP contribution is -2.08. The fraction of sp³-hybridized carbons (Fsp3) is 0.500. The highest BCUT2D eigenvalue weighted by Crippen LogP contribution is 1.93. The second kappa shape index (κ2) is 4.19. The van der Waals surface area contributed by atoms with Gasteiger partial charge in [-0.3, -0.25) is 0 Å². The maximum absolute atomic E-state index is 3.76. The first kappa shape index (κ1) is 8.28. The van der Waals surface area contributed by atoms with E-state index in [0.717, 1.165) is 12.1 Å². The summed E-state index contributed by atoms with van der Waals surface area (Å²) in [7, 11) is 0. The number of allylic oxidation sites excluding steroid dienone is 3. The van der Waals surface area contributed by atoms with E-state index in [-0.39, 0.29) is 0 Å². The zero-order valence-electron chi connectivity index (χ0n) is 6.49. The highest BCUT2D eigenvalue weighted by Gasteiger charge is 1.82. The molecule has 0 heterocycles. The topological polar surface area (TPSA) is 12.0 Å². The van der Waals surface area contributed by atoms with Crippen molar-refractivity contribution in [2.75, 3.05) is 6.54 Å². The molecule has 0 aliphatic heterocycles. The van der Waals surface area contributed by atoms with Crippen molar-refractivity contribution < 1.29 is 0 Å². The summed E-state index contributed by atoms with van der Waals surface area (Å²) in [5.41, 5.74) is 2.28. The summed E-state index contributed by atoms with van der Waals surface area (Å²) in [5, 5.41) is 3.18. The molecule has 0 radical (unpaired) electrons. The van der Waals surface area contributed by atoms with Crippen LogP contribution in [0.15, 0.2) is 23.9 Å². The molecule has 0 unspecified atom stereocenters. The van der Waals surface area contributed by atoms with E-state index in [1.54, 1.807) is 0 Å². The van der Waals surface area contributed by atoms with Gasteiger partial charge in [0.2, 0.25) is 0 Å². The van der Waals surface area contributed by atoms with E-state index in [1.807, 2.05) is 19.9 Å².